The highest BCUT2D eigenvalue weighted by Crippen LogP contribution is 2.20. The Balaban J connectivity index is 2.23. The first-order chi connectivity index (χ1) is 8.69. The van der Waals surface area contributed by atoms with E-state index in [1.54, 1.807) is 0 Å². The Labute approximate surface area is 110 Å². The van der Waals surface area contributed by atoms with Gasteiger partial charge >= 0.3 is 0 Å². The molecule has 1 atom stereocenters. The van der Waals surface area contributed by atoms with E-state index in [9.17, 15) is 0 Å². The van der Waals surface area contributed by atoms with Gasteiger partial charge in [-0.1, -0.05) is 59.7 Å². The quantitative estimate of drug-likeness (QED) is 0.855. The molecule has 0 bridgehead atoms. The maximum atomic E-state index is 3.42. The maximum absolute atomic E-state index is 3.42. The summed E-state index contributed by atoms with van der Waals surface area (Å²) in [7, 11) is 2.03. The molecule has 94 valence electrons. The predicted molar refractivity (Wildman–Crippen MR) is 77.9 cm³/mol. The van der Waals surface area contributed by atoms with Crippen molar-refractivity contribution < 1.29 is 0 Å². The van der Waals surface area contributed by atoms with E-state index >= 15 is 0 Å². The van der Waals surface area contributed by atoms with E-state index < -0.39 is 0 Å². The molecule has 0 amide bonds. The second-order valence-electron chi connectivity index (χ2n) is 4.95. The number of benzene rings is 2. The number of nitrogens with one attached hydrogen (secondary N) is 1. The average Bonchev–Trinajstić information content (AvgIpc) is 2.36. The minimum Gasteiger partial charge on any atom is -0.313 e. The van der Waals surface area contributed by atoms with Crippen LogP contribution in [-0.2, 0) is 6.42 Å². The van der Waals surface area contributed by atoms with Gasteiger partial charge < -0.3 is 5.32 Å². The monoisotopic (exact) mass is 239 g/mol. The standard InChI is InChI=1S/C17H21N/c1-13-9-14(2)11-16(10-13)17(18-3)12-15-7-5-4-6-8-15/h4-11,17-18H,12H2,1-3H3. The molecule has 0 aliphatic carbocycles. The molecule has 2 aromatic rings. The van der Waals surface area contributed by atoms with Crippen molar-refractivity contribution in [2.45, 2.75) is 26.3 Å². The summed E-state index contributed by atoms with van der Waals surface area (Å²) in [6.07, 6.45) is 1.03. The van der Waals surface area contributed by atoms with Gasteiger partial charge in [-0.3, -0.25) is 0 Å². The molecule has 0 aliphatic heterocycles. The minimum atomic E-state index is 0.381. The van der Waals surface area contributed by atoms with Gasteiger partial charge in [0.05, 0.1) is 0 Å². The average molecular weight is 239 g/mol. The van der Waals surface area contributed by atoms with Gasteiger partial charge in [-0.15, -0.1) is 0 Å². The molecule has 1 heteroatoms. The highest BCUT2D eigenvalue weighted by atomic mass is 14.9. The number of hydrogen-bond donors (Lipinski definition) is 1. The van der Waals surface area contributed by atoms with Crippen LogP contribution in [-0.4, -0.2) is 7.05 Å². The summed E-state index contributed by atoms with van der Waals surface area (Å²) in [6, 6.07) is 17.8. The fourth-order valence-electron chi connectivity index (χ4n) is 2.45. The zero-order valence-electron chi connectivity index (χ0n) is 11.4. The molecule has 2 rings (SSSR count). The second-order valence-corrected chi connectivity index (χ2v) is 4.95. The summed E-state index contributed by atoms with van der Waals surface area (Å²) >= 11 is 0. The van der Waals surface area contributed by atoms with Gasteiger partial charge in [-0.25, -0.2) is 0 Å². The lowest BCUT2D eigenvalue weighted by atomic mass is 9.96. The lowest BCUT2D eigenvalue weighted by Gasteiger charge is -2.18. The van der Waals surface area contributed by atoms with Crippen LogP contribution < -0.4 is 5.32 Å². The van der Waals surface area contributed by atoms with Gasteiger partial charge in [-0.05, 0) is 38.4 Å². The Morgan fingerprint density at radius 1 is 0.944 bits per heavy atom. The molecular weight excluding hydrogens is 218 g/mol. The van der Waals surface area contributed by atoms with Crippen LogP contribution in [0, 0.1) is 13.8 Å². The molecular formula is C17H21N. The molecule has 0 heterocycles. The highest BCUT2D eigenvalue weighted by molar-refractivity contribution is 5.32. The summed E-state index contributed by atoms with van der Waals surface area (Å²) in [5.74, 6) is 0. The van der Waals surface area contributed by atoms with Crippen molar-refractivity contribution >= 4 is 0 Å². The van der Waals surface area contributed by atoms with E-state index in [1.807, 2.05) is 7.05 Å². The topological polar surface area (TPSA) is 12.0 Å². The molecule has 0 spiro atoms. The molecule has 1 N–H and O–H groups in total. The SMILES string of the molecule is CNC(Cc1ccccc1)c1cc(C)cc(C)c1. The van der Waals surface area contributed by atoms with Gasteiger partial charge in [0, 0.05) is 6.04 Å². The van der Waals surface area contributed by atoms with E-state index in [2.05, 4.69) is 67.7 Å². The van der Waals surface area contributed by atoms with Crippen molar-refractivity contribution in [1.29, 1.82) is 0 Å². The lowest BCUT2D eigenvalue weighted by Crippen LogP contribution is -2.19. The zero-order chi connectivity index (χ0) is 13.0. The van der Waals surface area contributed by atoms with Gasteiger partial charge in [0.25, 0.3) is 0 Å². The van der Waals surface area contributed by atoms with Crippen molar-refractivity contribution in [3.05, 3.63) is 70.8 Å². The zero-order valence-corrected chi connectivity index (χ0v) is 11.4. The molecule has 0 fully saturated rings. The lowest BCUT2D eigenvalue weighted by molar-refractivity contribution is 0.591. The Bertz CT molecular complexity index is 482. The fraction of sp³-hybridized carbons (Fsp3) is 0.294. The molecule has 0 saturated heterocycles. The molecule has 0 aromatic heterocycles. The maximum Gasteiger partial charge on any atom is 0.0358 e. The van der Waals surface area contributed by atoms with Gasteiger partial charge in [0.1, 0.15) is 0 Å². The summed E-state index contributed by atoms with van der Waals surface area (Å²) in [5, 5.41) is 3.42. The van der Waals surface area contributed by atoms with E-state index in [0.717, 1.165) is 6.42 Å². The highest BCUT2D eigenvalue weighted by Gasteiger charge is 2.10. The second kappa shape index (κ2) is 5.83. The Morgan fingerprint density at radius 2 is 1.56 bits per heavy atom. The normalized spacial score (nSPS) is 12.4. The van der Waals surface area contributed by atoms with Gasteiger partial charge in [-0.2, -0.15) is 0 Å². The summed E-state index contributed by atoms with van der Waals surface area (Å²) in [5.41, 5.74) is 5.41. The van der Waals surface area contributed by atoms with Crippen LogP contribution >= 0.6 is 0 Å². The van der Waals surface area contributed by atoms with Crippen LogP contribution in [0.3, 0.4) is 0 Å². The summed E-state index contributed by atoms with van der Waals surface area (Å²) in [6.45, 7) is 4.32. The Morgan fingerprint density at radius 3 is 2.11 bits per heavy atom. The van der Waals surface area contributed by atoms with Crippen molar-refractivity contribution in [1.82, 2.24) is 5.32 Å². The smallest absolute Gasteiger partial charge is 0.0358 e. The fourth-order valence-corrected chi connectivity index (χ4v) is 2.45. The van der Waals surface area contributed by atoms with E-state index in [1.165, 1.54) is 22.3 Å². The van der Waals surface area contributed by atoms with Gasteiger partial charge in [0.2, 0.25) is 0 Å². The Kier molecular flexibility index (Phi) is 4.16. The van der Waals surface area contributed by atoms with E-state index in [-0.39, 0.29) is 0 Å². The molecule has 2 aromatic carbocycles. The minimum absolute atomic E-state index is 0.381. The third-order valence-corrected chi connectivity index (χ3v) is 3.28. The number of aryl methyl sites for hydroxylation is 2. The van der Waals surface area contributed by atoms with Crippen LogP contribution in [0.25, 0.3) is 0 Å². The number of rotatable bonds is 4. The summed E-state index contributed by atoms with van der Waals surface area (Å²) < 4.78 is 0. The van der Waals surface area contributed by atoms with Crippen molar-refractivity contribution in [2.24, 2.45) is 0 Å². The predicted octanol–water partition coefficient (Wildman–Crippen LogP) is 3.81. The molecule has 0 saturated carbocycles. The number of hydrogen-bond acceptors (Lipinski definition) is 1. The van der Waals surface area contributed by atoms with Crippen LogP contribution in [0.2, 0.25) is 0 Å². The van der Waals surface area contributed by atoms with Crippen molar-refractivity contribution in [3.8, 4) is 0 Å². The first-order valence-corrected chi connectivity index (χ1v) is 6.48. The summed E-state index contributed by atoms with van der Waals surface area (Å²) in [4.78, 5) is 0. The third kappa shape index (κ3) is 3.21. The van der Waals surface area contributed by atoms with Gasteiger partial charge in [0.15, 0.2) is 0 Å². The molecule has 1 nitrogen and oxygen atoms in total. The van der Waals surface area contributed by atoms with E-state index in [0.29, 0.717) is 6.04 Å². The first-order valence-electron chi connectivity index (χ1n) is 6.48. The van der Waals surface area contributed by atoms with Crippen LogP contribution in [0.4, 0.5) is 0 Å². The third-order valence-electron chi connectivity index (χ3n) is 3.28. The molecule has 1 unspecified atom stereocenters. The van der Waals surface area contributed by atoms with Crippen LogP contribution in [0.15, 0.2) is 48.5 Å². The first kappa shape index (κ1) is 12.8. The van der Waals surface area contributed by atoms with Crippen molar-refractivity contribution in [3.63, 3.8) is 0 Å². The molecule has 0 radical (unpaired) electrons. The molecule has 0 aliphatic rings. The number of likely N-dealkylation sites (N-methyl/N-ethyl adjacent to an activating group) is 1. The molecule has 18 heavy (non-hydrogen) atoms. The van der Waals surface area contributed by atoms with E-state index in [4.69, 9.17) is 0 Å². The Hall–Kier alpha value is -1.60. The van der Waals surface area contributed by atoms with Crippen LogP contribution in [0.1, 0.15) is 28.3 Å². The van der Waals surface area contributed by atoms with Crippen molar-refractivity contribution in [2.75, 3.05) is 7.05 Å². The van der Waals surface area contributed by atoms with Crippen LogP contribution in [0.5, 0.6) is 0 Å². The largest absolute Gasteiger partial charge is 0.313 e.